The van der Waals surface area contributed by atoms with Crippen molar-refractivity contribution in [2.75, 3.05) is 18.6 Å². The molecule has 0 saturated heterocycles. The fraction of sp³-hybridized carbons (Fsp3) is 0.917. The molecule has 0 aliphatic carbocycles. The second-order valence-electron chi connectivity index (χ2n) is 5.56. The number of nitrogens with two attached hydrogens (primary N) is 1. The summed E-state index contributed by atoms with van der Waals surface area (Å²) in [5.74, 6) is 0.974. The molecule has 0 aromatic heterocycles. The molecule has 0 rings (SSSR count). The van der Waals surface area contributed by atoms with Gasteiger partial charge in [0.1, 0.15) is 0 Å². The van der Waals surface area contributed by atoms with Crippen LogP contribution in [-0.4, -0.2) is 30.5 Å². The van der Waals surface area contributed by atoms with Crippen LogP contribution in [0.25, 0.3) is 0 Å². The fourth-order valence-corrected chi connectivity index (χ4v) is 2.26. The molecule has 0 aromatic carbocycles. The first kappa shape index (κ1) is 15.8. The van der Waals surface area contributed by atoms with Crippen LogP contribution in [0.1, 0.15) is 34.1 Å². The molecule has 0 spiro atoms. The van der Waals surface area contributed by atoms with Crippen LogP contribution in [0.2, 0.25) is 0 Å². The molecule has 1 amide bonds. The molecule has 0 aliphatic heterocycles. The molecule has 0 aromatic rings. The van der Waals surface area contributed by atoms with Gasteiger partial charge in [-0.15, -0.1) is 0 Å². The lowest BCUT2D eigenvalue weighted by molar-refractivity contribution is -0.126. The van der Waals surface area contributed by atoms with Gasteiger partial charge in [-0.2, -0.15) is 11.8 Å². The van der Waals surface area contributed by atoms with E-state index < -0.39 is 0 Å². The number of carbonyl (C=O) groups is 1. The van der Waals surface area contributed by atoms with Crippen molar-refractivity contribution in [2.24, 2.45) is 17.1 Å². The van der Waals surface area contributed by atoms with Gasteiger partial charge in [-0.1, -0.05) is 20.8 Å². The van der Waals surface area contributed by atoms with E-state index in [0.717, 1.165) is 12.2 Å². The summed E-state index contributed by atoms with van der Waals surface area (Å²) in [6.07, 6.45) is 2.87. The first-order chi connectivity index (χ1) is 7.30. The van der Waals surface area contributed by atoms with Gasteiger partial charge in [-0.05, 0) is 25.0 Å². The number of hydrogen-bond donors (Lipinski definition) is 2. The van der Waals surface area contributed by atoms with Gasteiger partial charge in [0.25, 0.3) is 0 Å². The summed E-state index contributed by atoms with van der Waals surface area (Å²) in [4.78, 5) is 11.9. The third kappa shape index (κ3) is 7.12. The summed E-state index contributed by atoms with van der Waals surface area (Å²) in [5.41, 5.74) is 5.81. The molecule has 16 heavy (non-hydrogen) atoms. The lowest BCUT2D eigenvalue weighted by atomic mass is 9.84. The first-order valence-corrected chi connectivity index (χ1v) is 7.19. The monoisotopic (exact) mass is 246 g/mol. The maximum Gasteiger partial charge on any atom is 0.224 e. The lowest BCUT2D eigenvalue weighted by Crippen LogP contribution is -2.42. The highest BCUT2D eigenvalue weighted by molar-refractivity contribution is 7.98. The van der Waals surface area contributed by atoms with E-state index >= 15 is 0 Å². The first-order valence-electron chi connectivity index (χ1n) is 5.79. The van der Waals surface area contributed by atoms with Crippen LogP contribution in [0, 0.1) is 11.3 Å². The van der Waals surface area contributed by atoms with Crippen LogP contribution < -0.4 is 11.1 Å². The van der Waals surface area contributed by atoms with Gasteiger partial charge in [0, 0.05) is 18.3 Å². The molecular formula is C12H26N2OS. The number of thioether (sulfide) groups is 1. The number of nitrogens with one attached hydrogen (secondary N) is 1. The van der Waals surface area contributed by atoms with Crippen LogP contribution in [0.3, 0.4) is 0 Å². The summed E-state index contributed by atoms with van der Waals surface area (Å²) in [6.45, 7) is 8.85. The Bertz CT molecular complexity index is 214. The minimum atomic E-state index is -0.0655. The molecule has 0 fully saturated rings. The third-order valence-electron chi connectivity index (χ3n) is 2.32. The molecule has 3 nitrogen and oxygen atoms in total. The summed E-state index contributed by atoms with van der Waals surface area (Å²) >= 11 is 1.74. The summed E-state index contributed by atoms with van der Waals surface area (Å²) < 4.78 is 0. The van der Waals surface area contributed by atoms with Crippen molar-refractivity contribution in [3.05, 3.63) is 0 Å². The largest absolute Gasteiger partial charge is 0.353 e. The number of hydrogen-bond acceptors (Lipinski definition) is 3. The van der Waals surface area contributed by atoms with Crippen molar-refractivity contribution >= 4 is 17.7 Å². The predicted octanol–water partition coefficient (Wildman–Crippen LogP) is 1.87. The molecule has 4 heteroatoms. The molecule has 0 saturated carbocycles. The third-order valence-corrected chi connectivity index (χ3v) is 3.15. The SMILES string of the molecule is CSCC(C)NC(=O)C(CN)CC(C)(C)C. The summed E-state index contributed by atoms with van der Waals surface area (Å²) in [7, 11) is 0. The Balaban J connectivity index is 4.21. The highest BCUT2D eigenvalue weighted by Crippen LogP contribution is 2.24. The van der Waals surface area contributed by atoms with Crippen molar-refractivity contribution in [2.45, 2.75) is 40.2 Å². The van der Waals surface area contributed by atoms with Crippen LogP contribution in [0.4, 0.5) is 0 Å². The van der Waals surface area contributed by atoms with Crippen molar-refractivity contribution in [3.63, 3.8) is 0 Å². The van der Waals surface area contributed by atoms with E-state index in [4.69, 9.17) is 5.73 Å². The minimum absolute atomic E-state index is 0.0655. The predicted molar refractivity (Wildman–Crippen MR) is 72.6 cm³/mol. The van der Waals surface area contributed by atoms with Crippen molar-refractivity contribution in [1.82, 2.24) is 5.32 Å². The Labute approximate surface area is 104 Å². The zero-order chi connectivity index (χ0) is 12.8. The average molecular weight is 246 g/mol. The molecule has 0 radical (unpaired) electrons. The zero-order valence-corrected chi connectivity index (χ0v) is 12.0. The van der Waals surface area contributed by atoms with Crippen molar-refractivity contribution in [1.29, 1.82) is 0 Å². The van der Waals surface area contributed by atoms with Gasteiger partial charge in [-0.25, -0.2) is 0 Å². The van der Waals surface area contributed by atoms with E-state index in [1.54, 1.807) is 11.8 Å². The van der Waals surface area contributed by atoms with Crippen LogP contribution in [0.15, 0.2) is 0 Å². The summed E-state index contributed by atoms with van der Waals surface area (Å²) in [5, 5.41) is 3.01. The van der Waals surface area contributed by atoms with Gasteiger partial charge in [0.2, 0.25) is 5.91 Å². The van der Waals surface area contributed by atoms with E-state index in [-0.39, 0.29) is 23.3 Å². The standard InChI is InChI=1S/C12H26N2OS/c1-9(8-16-5)14-11(15)10(7-13)6-12(2,3)4/h9-10H,6-8,13H2,1-5H3,(H,14,15). The minimum Gasteiger partial charge on any atom is -0.353 e. The Kier molecular flexibility index (Phi) is 7.07. The number of carbonyl (C=O) groups excluding carboxylic acids is 1. The Morgan fingerprint density at radius 2 is 2.00 bits per heavy atom. The molecule has 2 atom stereocenters. The van der Waals surface area contributed by atoms with Gasteiger partial charge < -0.3 is 11.1 Å². The maximum absolute atomic E-state index is 11.9. The second kappa shape index (κ2) is 7.17. The van der Waals surface area contributed by atoms with Crippen molar-refractivity contribution < 1.29 is 4.79 Å². The second-order valence-corrected chi connectivity index (χ2v) is 6.47. The smallest absolute Gasteiger partial charge is 0.224 e. The highest BCUT2D eigenvalue weighted by Gasteiger charge is 2.24. The zero-order valence-electron chi connectivity index (χ0n) is 11.2. The molecule has 96 valence electrons. The van der Waals surface area contributed by atoms with Crippen LogP contribution >= 0.6 is 11.8 Å². The highest BCUT2D eigenvalue weighted by atomic mass is 32.2. The molecule has 0 aliphatic rings. The van der Waals surface area contributed by atoms with Crippen LogP contribution in [0.5, 0.6) is 0 Å². The van der Waals surface area contributed by atoms with E-state index in [9.17, 15) is 4.79 Å². The molecule has 3 N–H and O–H groups in total. The number of rotatable bonds is 6. The van der Waals surface area contributed by atoms with Gasteiger partial charge in [0.05, 0.1) is 5.92 Å². The fourth-order valence-electron chi connectivity index (χ4n) is 1.67. The normalized spacial score (nSPS) is 15.6. The van der Waals surface area contributed by atoms with Gasteiger partial charge in [0.15, 0.2) is 0 Å². The molecule has 0 heterocycles. The topological polar surface area (TPSA) is 55.1 Å². The van der Waals surface area contributed by atoms with E-state index in [1.165, 1.54) is 0 Å². The van der Waals surface area contributed by atoms with E-state index in [0.29, 0.717) is 6.54 Å². The van der Waals surface area contributed by atoms with E-state index in [1.807, 2.05) is 13.2 Å². The van der Waals surface area contributed by atoms with Gasteiger partial charge >= 0.3 is 0 Å². The number of amides is 1. The average Bonchev–Trinajstić information content (AvgIpc) is 2.12. The Morgan fingerprint density at radius 1 is 1.44 bits per heavy atom. The molecular weight excluding hydrogens is 220 g/mol. The van der Waals surface area contributed by atoms with Gasteiger partial charge in [-0.3, -0.25) is 4.79 Å². The van der Waals surface area contributed by atoms with Crippen LogP contribution in [-0.2, 0) is 4.79 Å². The quantitative estimate of drug-likeness (QED) is 0.752. The van der Waals surface area contributed by atoms with Crippen molar-refractivity contribution in [3.8, 4) is 0 Å². The lowest BCUT2D eigenvalue weighted by Gasteiger charge is -2.25. The Morgan fingerprint density at radius 3 is 2.38 bits per heavy atom. The maximum atomic E-state index is 11.9. The summed E-state index contributed by atoms with van der Waals surface area (Å²) in [6, 6.07) is 0.219. The Hall–Kier alpha value is -0.220. The van der Waals surface area contributed by atoms with E-state index in [2.05, 4.69) is 26.1 Å². The molecule has 2 unspecified atom stereocenters. The molecule has 0 bridgehead atoms.